The summed E-state index contributed by atoms with van der Waals surface area (Å²) in [7, 11) is 0. The maximum atomic E-state index is 12.7. The van der Waals surface area contributed by atoms with E-state index in [1.807, 2.05) is 47.0 Å². The third kappa shape index (κ3) is 5.13. The van der Waals surface area contributed by atoms with Crippen LogP contribution in [0.5, 0.6) is 5.75 Å². The van der Waals surface area contributed by atoms with Gasteiger partial charge in [0, 0.05) is 17.1 Å². The number of pyridine rings is 1. The van der Waals surface area contributed by atoms with Gasteiger partial charge in [0.25, 0.3) is 0 Å². The van der Waals surface area contributed by atoms with Crippen LogP contribution >= 0.6 is 23.2 Å². The molecule has 7 heteroatoms. The third-order valence-corrected chi connectivity index (χ3v) is 7.42. The van der Waals surface area contributed by atoms with Gasteiger partial charge in [-0.25, -0.2) is 4.79 Å². The van der Waals surface area contributed by atoms with Gasteiger partial charge in [0.05, 0.1) is 29.4 Å². The van der Waals surface area contributed by atoms with Gasteiger partial charge in [0.15, 0.2) is 0 Å². The molecule has 1 N–H and O–H groups in total. The van der Waals surface area contributed by atoms with Gasteiger partial charge in [-0.05, 0) is 60.7 Å². The minimum atomic E-state index is -0.971. The van der Waals surface area contributed by atoms with Crippen molar-refractivity contribution in [3.8, 4) is 16.9 Å². The molecule has 0 fully saturated rings. The fourth-order valence-electron chi connectivity index (χ4n) is 4.91. The number of aryl methyl sites for hydroxylation is 2. The summed E-state index contributed by atoms with van der Waals surface area (Å²) in [5, 5.41) is 12.2. The van der Waals surface area contributed by atoms with Crippen molar-refractivity contribution in [2.75, 3.05) is 6.61 Å². The van der Waals surface area contributed by atoms with E-state index in [1.165, 1.54) is 0 Å². The van der Waals surface area contributed by atoms with Gasteiger partial charge in [0.2, 0.25) is 0 Å². The minimum absolute atomic E-state index is 0.271. The number of fused-ring (bicyclic) bond motifs is 1. The van der Waals surface area contributed by atoms with E-state index in [9.17, 15) is 9.90 Å². The van der Waals surface area contributed by atoms with E-state index in [1.54, 1.807) is 24.4 Å². The summed E-state index contributed by atoms with van der Waals surface area (Å²) in [5.74, 6) is -0.460. The molecule has 3 aromatic carbocycles. The smallest absolute Gasteiger partial charge is 0.352 e. The number of nitrogens with zero attached hydrogens (tertiary/aromatic N) is 2. The van der Waals surface area contributed by atoms with Crippen molar-refractivity contribution in [1.29, 1.82) is 0 Å². The lowest BCUT2D eigenvalue weighted by Crippen LogP contribution is -2.13. The molecule has 0 radical (unpaired) electrons. The van der Waals surface area contributed by atoms with Crippen molar-refractivity contribution in [3.05, 3.63) is 118 Å². The number of para-hydroxylation sites is 1. The average molecular weight is 545 g/mol. The Hall–Kier alpha value is -3.80. The first-order valence-electron chi connectivity index (χ1n) is 12.4. The number of halogens is 2. The first-order chi connectivity index (χ1) is 18.5. The summed E-state index contributed by atoms with van der Waals surface area (Å²) in [6.07, 6.45) is 2.84. The van der Waals surface area contributed by atoms with E-state index in [-0.39, 0.29) is 5.69 Å². The highest BCUT2D eigenvalue weighted by Gasteiger charge is 2.25. The average Bonchev–Trinajstić information content (AvgIpc) is 3.23. The topological polar surface area (TPSA) is 64.3 Å². The molecular formula is C31H26Cl2N2O3. The second-order valence-electron chi connectivity index (χ2n) is 9.06. The van der Waals surface area contributed by atoms with Crippen LogP contribution < -0.4 is 4.74 Å². The SMILES string of the molecule is Cc1ccccc1-c1cccc2c(CCCOc3cccc(Cl)c3Cl)c(C(=O)O)n(Cc3ccccn3)c12. The van der Waals surface area contributed by atoms with E-state index >= 15 is 0 Å². The number of carboxylic acids is 1. The van der Waals surface area contributed by atoms with Crippen LogP contribution in [-0.2, 0) is 13.0 Å². The Bertz CT molecular complexity index is 1610. The largest absolute Gasteiger partial charge is 0.492 e. The molecule has 0 aliphatic carbocycles. The molecule has 0 atom stereocenters. The maximum absolute atomic E-state index is 12.7. The molecule has 2 heterocycles. The fourth-order valence-corrected chi connectivity index (χ4v) is 5.25. The number of rotatable bonds is 9. The Morgan fingerprint density at radius 3 is 2.47 bits per heavy atom. The van der Waals surface area contributed by atoms with Crippen molar-refractivity contribution in [2.45, 2.75) is 26.3 Å². The Morgan fingerprint density at radius 2 is 1.71 bits per heavy atom. The van der Waals surface area contributed by atoms with Gasteiger partial charge >= 0.3 is 5.97 Å². The van der Waals surface area contributed by atoms with E-state index < -0.39 is 5.97 Å². The molecule has 38 heavy (non-hydrogen) atoms. The van der Waals surface area contributed by atoms with E-state index in [2.05, 4.69) is 30.1 Å². The highest BCUT2D eigenvalue weighted by Crippen LogP contribution is 2.37. The summed E-state index contributed by atoms with van der Waals surface area (Å²) in [6, 6.07) is 25.1. The van der Waals surface area contributed by atoms with Crippen molar-refractivity contribution >= 4 is 40.1 Å². The third-order valence-electron chi connectivity index (χ3n) is 6.62. The number of carbonyl (C=O) groups is 1. The lowest BCUT2D eigenvalue weighted by Gasteiger charge is -2.13. The Morgan fingerprint density at radius 1 is 0.947 bits per heavy atom. The summed E-state index contributed by atoms with van der Waals surface area (Å²) in [4.78, 5) is 17.2. The van der Waals surface area contributed by atoms with Crippen LogP contribution in [0, 0.1) is 6.92 Å². The summed E-state index contributed by atoms with van der Waals surface area (Å²) >= 11 is 12.4. The Kier molecular flexibility index (Phi) is 7.68. The minimum Gasteiger partial charge on any atom is -0.492 e. The molecule has 0 amide bonds. The van der Waals surface area contributed by atoms with Gasteiger partial charge in [-0.15, -0.1) is 0 Å². The predicted molar refractivity (Wildman–Crippen MR) is 153 cm³/mol. The number of carboxylic acid groups (broad SMARTS) is 1. The molecule has 0 saturated carbocycles. The summed E-state index contributed by atoms with van der Waals surface area (Å²) in [6.45, 7) is 2.78. The monoisotopic (exact) mass is 544 g/mol. The molecule has 0 bridgehead atoms. The zero-order chi connectivity index (χ0) is 26.6. The standard InChI is InChI=1S/C31H26Cl2N2O3/c1-20-9-2-3-11-22(20)23-12-6-13-24-25(14-8-18-38-27-16-7-15-26(32)28(27)33)30(31(36)37)35(29(23)24)19-21-10-4-5-17-34-21/h2-7,9-13,15-17H,8,14,18-19H2,1H3,(H,36,37). The van der Waals surface area contributed by atoms with E-state index in [0.717, 1.165) is 38.9 Å². The van der Waals surface area contributed by atoms with E-state index in [4.69, 9.17) is 27.9 Å². The van der Waals surface area contributed by atoms with Gasteiger partial charge in [-0.1, -0.05) is 77.8 Å². The normalized spacial score (nSPS) is 11.1. The Labute approximate surface area is 231 Å². The lowest BCUT2D eigenvalue weighted by molar-refractivity contribution is 0.0684. The van der Waals surface area contributed by atoms with Gasteiger partial charge in [-0.2, -0.15) is 0 Å². The molecule has 0 aliphatic heterocycles. The van der Waals surface area contributed by atoms with Crippen LogP contribution in [0.25, 0.3) is 22.0 Å². The van der Waals surface area contributed by atoms with Crippen LogP contribution in [0.1, 0.15) is 33.7 Å². The number of hydrogen-bond acceptors (Lipinski definition) is 3. The number of aromatic carboxylic acids is 1. The van der Waals surface area contributed by atoms with Crippen molar-refractivity contribution in [1.82, 2.24) is 9.55 Å². The second kappa shape index (κ2) is 11.3. The Balaban J connectivity index is 1.58. The zero-order valence-electron chi connectivity index (χ0n) is 20.8. The van der Waals surface area contributed by atoms with E-state index in [0.29, 0.717) is 41.8 Å². The van der Waals surface area contributed by atoms with Gasteiger partial charge < -0.3 is 14.4 Å². The van der Waals surface area contributed by atoms with Crippen molar-refractivity contribution in [2.24, 2.45) is 0 Å². The molecule has 5 rings (SSSR count). The quantitative estimate of drug-likeness (QED) is 0.190. The highest BCUT2D eigenvalue weighted by atomic mass is 35.5. The van der Waals surface area contributed by atoms with Gasteiger partial charge in [0.1, 0.15) is 16.5 Å². The molecule has 0 saturated heterocycles. The van der Waals surface area contributed by atoms with Crippen molar-refractivity contribution in [3.63, 3.8) is 0 Å². The first-order valence-corrected chi connectivity index (χ1v) is 13.1. The highest BCUT2D eigenvalue weighted by molar-refractivity contribution is 6.42. The number of hydrogen-bond donors (Lipinski definition) is 1. The lowest BCUT2D eigenvalue weighted by atomic mass is 9.97. The summed E-state index contributed by atoms with van der Waals surface area (Å²) < 4.78 is 7.78. The van der Waals surface area contributed by atoms with Crippen LogP contribution in [0.2, 0.25) is 10.0 Å². The predicted octanol–water partition coefficient (Wildman–Crippen LogP) is 8.08. The molecular weight excluding hydrogens is 519 g/mol. The van der Waals surface area contributed by atoms with Gasteiger partial charge in [-0.3, -0.25) is 4.98 Å². The van der Waals surface area contributed by atoms with Crippen LogP contribution in [0.15, 0.2) is 85.1 Å². The molecule has 2 aromatic heterocycles. The number of ether oxygens (including phenoxy) is 1. The fraction of sp³-hybridized carbons (Fsp3) is 0.161. The molecule has 5 aromatic rings. The maximum Gasteiger partial charge on any atom is 0.352 e. The molecule has 0 aliphatic rings. The first kappa shape index (κ1) is 25.8. The summed E-state index contributed by atoms with van der Waals surface area (Å²) in [5.41, 5.74) is 5.91. The second-order valence-corrected chi connectivity index (χ2v) is 9.85. The van der Waals surface area contributed by atoms with Crippen LogP contribution in [0.3, 0.4) is 0 Å². The van der Waals surface area contributed by atoms with Crippen LogP contribution in [-0.4, -0.2) is 27.2 Å². The number of aromatic nitrogens is 2. The molecule has 192 valence electrons. The van der Waals surface area contributed by atoms with Crippen LogP contribution in [0.4, 0.5) is 0 Å². The van der Waals surface area contributed by atoms with Crippen molar-refractivity contribution < 1.29 is 14.6 Å². The molecule has 0 unspecified atom stereocenters. The zero-order valence-corrected chi connectivity index (χ0v) is 22.3. The molecule has 0 spiro atoms. The molecule has 5 nitrogen and oxygen atoms in total. The number of benzene rings is 3.